The van der Waals surface area contributed by atoms with Gasteiger partial charge in [-0.2, -0.15) is 0 Å². The number of nitrogens with one attached hydrogen (secondary N) is 2. The fraction of sp³-hybridized carbons (Fsp3) is 0.424. The van der Waals surface area contributed by atoms with E-state index in [1.807, 2.05) is 74.5 Å². The van der Waals surface area contributed by atoms with Crippen LogP contribution in [-0.2, 0) is 27.6 Å². The molecule has 43 heavy (non-hydrogen) atoms. The van der Waals surface area contributed by atoms with Crippen LogP contribution in [0.4, 0.5) is 0 Å². The molecule has 0 saturated heterocycles. The first kappa shape index (κ1) is 36.1. The standard InChI is InChI=1S/C33H44N2O6S.ClH/c1-25(2)17-19-42(38,39)20-18-32(41-28-14-8-5-9-15-28)33(37)35-30(22-26-11-6-4-7-12-26)31(36)24-34-23-27-13-10-16-29(21-27)40-3;/h4-16,21,25,30-32,34,36H,17-20,22-24H2,1-3H3,(H,35,37);1H/t30-,31+,32?;/m0./s1. The predicted molar refractivity (Wildman–Crippen MR) is 174 cm³/mol. The molecule has 0 aromatic heterocycles. The molecule has 0 saturated carbocycles. The maximum Gasteiger partial charge on any atom is 0.261 e. The second-order valence-corrected chi connectivity index (χ2v) is 13.2. The summed E-state index contributed by atoms with van der Waals surface area (Å²) >= 11 is 0. The first-order valence-corrected chi connectivity index (χ1v) is 16.3. The first-order valence-electron chi connectivity index (χ1n) is 14.4. The van der Waals surface area contributed by atoms with Gasteiger partial charge in [-0.1, -0.05) is 74.5 Å². The molecule has 3 atom stereocenters. The van der Waals surface area contributed by atoms with Crippen molar-refractivity contribution in [1.29, 1.82) is 0 Å². The number of hydrogen-bond donors (Lipinski definition) is 3. The third kappa shape index (κ3) is 13.4. The minimum atomic E-state index is -3.36. The second kappa shape index (κ2) is 18.5. The molecule has 3 N–H and O–H groups in total. The van der Waals surface area contributed by atoms with E-state index in [1.54, 1.807) is 31.4 Å². The number of ether oxygens (including phenoxy) is 2. The molecule has 0 aliphatic carbocycles. The molecule has 0 heterocycles. The summed E-state index contributed by atoms with van der Waals surface area (Å²) in [6.07, 6.45) is -1.02. The molecule has 1 unspecified atom stereocenters. The summed E-state index contributed by atoms with van der Waals surface area (Å²) in [7, 11) is -1.75. The average Bonchev–Trinajstić information content (AvgIpc) is 2.99. The minimum absolute atomic E-state index is 0. The Labute approximate surface area is 262 Å². The van der Waals surface area contributed by atoms with Gasteiger partial charge in [-0.15, -0.1) is 12.4 Å². The maximum atomic E-state index is 13.6. The van der Waals surface area contributed by atoms with Gasteiger partial charge in [0.2, 0.25) is 0 Å². The highest BCUT2D eigenvalue weighted by Gasteiger charge is 2.29. The van der Waals surface area contributed by atoms with Crippen LogP contribution in [0.1, 0.15) is 37.8 Å². The van der Waals surface area contributed by atoms with E-state index in [-0.39, 0.29) is 42.8 Å². The van der Waals surface area contributed by atoms with Gasteiger partial charge in [0.25, 0.3) is 5.91 Å². The van der Waals surface area contributed by atoms with E-state index in [0.29, 0.717) is 25.1 Å². The van der Waals surface area contributed by atoms with E-state index in [1.165, 1.54) is 0 Å². The Morgan fingerprint density at radius 2 is 1.47 bits per heavy atom. The quantitative estimate of drug-likeness (QED) is 0.188. The zero-order chi connectivity index (χ0) is 30.4. The SMILES string of the molecule is COc1cccc(CNC[C@@H](O)[C@H](Cc2ccccc2)NC(=O)C(CCS(=O)(=O)CCC(C)C)Oc2ccccc2)c1.Cl. The molecular weight excluding hydrogens is 588 g/mol. The summed E-state index contributed by atoms with van der Waals surface area (Å²) in [4.78, 5) is 13.6. The molecule has 3 rings (SSSR count). The predicted octanol–water partition coefficient (Wildman–Crippen LogP) is 4.59. The summed E-state index contributed by atoms with van der Waals surface area (Å²) in [5.41, 5.74) is 1.95. The second-order valence-electron chi connectivity index (χ2n) is 10.9. The van der Waals surface area contributed by atoms with Crippen molar-refractivity contribution in [3.63, 3.8) is 0 Å². The van der Waals surface area contributed by atoms with E-state index < -0.39 is 34.0 Å². The Balaban J connectivity index is 0.00000645. The van der Waals surface area contributed by atoms with Gasteiger partial charge in [0.1, 0.15) is 21.3 Å². The Kier molecular flexibility index (Phi) is 15.6. The first-order chi connectivity index (χ1) is 20.1. The largest absolute Gasteiger partial charge is 0.497 e. The lowest BCUT2D eigenvalue weighted by Crippen LogP contribution is -2.52. The number of hydrogen-bond acceptors (Lipinski definition) is 7. The molecule has 8 nitrogen and oxygen atoms in total. The Bertz CT molecular complexity index is 1330. The number of carbonyl (C=O) groups is 1. The third-order valence-electron chi connectivity index (χ3n) is 6.92. The normalized spacial score (nSPS) is 13.4. The van der Waals surface area contributed by atoms with Gasteiger partial charge in [-0.25, -0.2) is 8.42 Å². The third-order valence-corrected chi connectivity index (χ3v) is 8.63. The number of sulfone groups is 1. The van der Waals surface area contributed by atoms with E-state index in [2.05, 4.69) is 10.6 Å². The van der Waals surface area contributed by atoms with Crippen LogP contribution in [0, 0.1) is 5.92 Å². The molecule has 0 aliphatic rings. The number of rotatable bonds is 18. The number of aliphatic hydroxyl groups excluding tert-OH is 1. The molecule has 0 fully saturated rings. The number of amides is 1. The van der Waals surface area contributed by atoms with Crippen molar-refractivity contribution in [2.75, 3.05) is 25.2 Å². The van der Waals surface area contributed by atoms with Gasteiger partial charge in [-0.3, -0.25) is 4.79 Å². The molecule has 236 valence electrons. The summed E-state index contributed by atoms with van der Waals surface area (Å²) < 4.78 is 36.7. The van der Waals surface area contributed by atoms with Crippen molar-refractivity contribution in [3.05, 3.63) is 96.1 Å². The van der Waals surface area contributed by atoms with Crippen molar-refractivity contribution >= 4 is 28.2 Å². The lowest BCUT2D eigenvalue weighted by molar-refractivity contribution is -0.129. The van der Waals surface area contributed by atoms with Crippen molar-refractivity contribution < 1.29 is 27.8 Å². The monoisotopic (exact) mass is 632 g/mol. The zero-order valence-electron chi connectivity index (χ0n) is 25.1. The highest BCUT2D eigenvalue weighted by Crippen LogP contribution is 2.16. The van der Waals surface area contributed by atoms with Gasteiger partial charge in [-0.05, 0) is 54.2 Å². The fourth-order valence-electron chi connectivity index (χ4n) is 4.43. The average molecular weight is 633 g/mol. The van der Waals surface area contributed by atoms with Crippen LogP contribution in [-0.4, -0.2) is 62.8 Å². The molecule has 1 amide bonds. The Morgan fingerprint density at radius 3 is 2.12 bits per heavy atom. The van der Waals surface area contributed by atoms with E-state index in [0.717, 1.165) is 16.9 Å². The molecule has 0 bridgehead atoms. The van der Waals surface area contributed by atoms with E-state index in [4.69, 9.17) is 9.47 Å². The Morgan fingerprint density at radius 1 is 0.860 bits per heavy atom. The smallest absolute Gasteiger partial charge is 0.261 e. The summed E-state index contributed by atoms with van der Waals surface area (Å²) in [6.45, 7) is 4.69. The topological polar surface area (TPSA) is 114 Å². The maximum absolute atomic E-state index is 13.6. The number of para-hydroxylation sites is 1. The summed E-state index contributed by atoms with van der Waals surface area (Å²) in [5.74, 6) is 0.914. The fourth-order valence-corrected chi connectivity index (χ4v) is 6.03. The van der Waals surface area contributed by atoms with Gasteiger partial charge < -0.3 is 25.2 Å². The number of aliphatic hydroxyl groups is 1. The molecule has 0 aliphatic heterocycles. The van der Waals surface area contributed by atoms with Crippen molar-refractivity contribution in [3.8, 4) is 11.5 Å². The lowest BCUT2D eigenvalue weighted by Gasteiger charge is -2.27. The summed E-state index contributed by atoms with van der Waals surface area (Å²) in [5, 5.41) is 17.4. The van der Waals surface area contributed by atoms with Gasteiger partial charge in [0.15, 0.2) is 6.10 Å². The molecular formula is C33H45ClN2O6S. The van der Waals surface area contributed by atoms with Crippen molar-refractivity contribution in [1.82, 2.24) is 10.6 Å². The van der Waals surface area contributed by atoms with Crippen LogP contribution in [0.5, 0.6) is 11.5 Å². The van der Waals surface area contributed by atoms with E-state index in [9.17, 15) is 18.3 Å². The van der Waals surface area contributed by atoms with E-state index >= 15 is 0 Å². The van der Waals surface area contributed by atoms with Crippen LogP contribution < -0.4 is 20.1 Å². The number of carbonyl (C=O) groups excluding carboxylic acids is 1. The lowest BCUT2D eigenvalue weighted by atomic mass is 10.0. The number of halogens is 1. The number of methoxy groups -OCH3 is 1. The molecule has 0 radical (unpaired) electrons. The van der Waals surface area contributed by atoms with Crippen LogP contribution in [0.3, 0.4) is 0 Å². The Hall–Kier alpha value is -3.11. The van der Waals surface area contributed by atoms with Crippen molar-refractivity contribution in [2.24, 2.45) is 5.92 Å². The molecule has 0 spiro atoms. The summed E-state index contributed by atoms with van der Waals surface area (Å²) in [6, 6.07) is 25.5. The van der Waals surface area contributed by atoms with Gasteiger partial charge in [0, 0.05) is 19.5 Å². The van der Waals surface area contributed by atoms with Crippen molar-refractivity contribution in [2.45, 2.75) is 57.9 Å². The van der Waals surface area contributed by atoms with Crippen LogP contribution in [0.25, 0.3) is 0 Å². The van der Waals surface area contributed by atoms with Crippen LogP contribution >= 0.6 is 12.4 Å². The minimum Gasteiger partial charge on any atom is -0.497 e. The highest BCUT2D eigenvalue weighted by molar-refractivity contribution is 7.91. The van der Waals surface area contributed by atoms with Crippen LogP contribution in [0.2, 0.25) is 0 Å². The number of benzene rings is 3. The van der Waals surface area contributed by atoms with Crippen LogP contribution in [0.15, 0.2) is 84.9 Å². The molecule has 3 aromatic carbocycles. The highest BCUT2D eigenvalue weighted by atomic mass is 35.5. The molecule has 10 heteroatoms. The van der Waals surface area contributed by atoms with Gasteiger partial charge in [0.05, 0.1) is 30.8 Å². The zero-order valence-corrected chi connectivity index (χ0v) is 26.8. The van der Waals surface area contributed by atoms with Gasteiger partial charge >= 0.3 is 0 Å². The molecule has 3 aromatic rings.